The van der Waals surface area contributed by atoms with Crippen LogP contribution >= 0.6 is 0 Å². The van der Waals surface area contributed by atoms with E-state index >= 15 is 0 Å². The van der Waals surface area contributed by atoms with Gasteiger partial charge in [0.2, 0.25) is 5.75 Å². The molecular formula is C20H25N3O6. The standard InChI is InChI=1S/C20H25N3O6/c1-26-15-9-8-14(18(27-2)19(15)28-3)20(25)29-12-17(24)22-16-10-11-21-23(16)13-6-4-5-7-13/h8-11,13H,4-7,12H2,1-3H3,(H,22,24). The second-order valence-corrected chi connectivity index (χ2v) is 6.61. The second-order valence-electron chi connectivity index (χ2n) is 6.61. The Morgan fingerprint density at radius 1 is 1.07 bits per heavy atom. The molecule has 0 aliphatic heterocycles. The number of carbonyl (C=O) groups excluding carboxylic acids is 2. The Labute approximate surface area is 168 Å². The first-order valence-electron chi connectivity index (χ1n) is 9.38. The molecule has 0 saturated heterocycles. The summed E-state index contributed by atoms with van der Waals surface area (Å²) in [5.74, 6) is 0.311. The molecular weight excluding hydrogens is 378 g/mol. The minimum absolute atomic E-state index is 0.133. The molecule has 2 aromatic rings. The Bertz CT molecular complexity index is 873. The maximum Gasteiger partial charge on any atom is 0.342 e. The lowest BCUT2D eigenvalue weighted by Crippen LogP contribution is -2.23. The number of esters is 1. The van der Waals surface area contributed by atoms with Gasteiger partial charge in [0.05, 0.1) is 33.6 Å². The largest absolute Gasteiger partial charge is 0.493 e. The summed E-state index contributed by atoms with van der Waals surface area (Å²) in [6, 6.07) is 5.09. The van der Waals surface area contributed by atoms with Crippen molar-refractivity contribution < 1.29 is 28.5 Å². The van der Waals surface area contributed by atoms with Gasteiger partial charge in [-0.15, -0.1) is 0 Å². The SMILES string of the molecule is COc1ccc(C(=O)OCC(=O)Nc2ccnn2C2CCCC2)c(OC)c1OC. The minimum Gasteiger partial charge on any atom is -0.493 e. The van der Waals surface area contributed by atoms with Crippen molar-refractivity contribution in [1.82, 2.24) is 9.78 Å². The fourth-order valence-electron chi connectivity index (χ4n) is 3.50. The van der Waals surface area contributed by atoms with Gasteiger partial charge >= 0.3 is 5.97 Å². The number of ether oxygens (including phenoxy) is 4. The molecule has 0 radical (unpaired) electrons. The summed E-state index contributed by atoms with van der Waals surface area (Å²) in [6.07, 6.45) is 6.04. The number of nitrogens with one attached hydrogen (secondary N) is 1. The highest BCUT2D eigenvalue weighted by Crippen LogP contribution is 2.40. The summed E-state index contributed by atoms with van der Waals surface area (Å²) in [5, 5.41) is 7.06. The van der Waals surface area contributed by atoms with Gasteiger partial charge in [0.15, 0.2) is 18.1 Å². The Hall–Kier alpha value is -3.23. The molecule has 1 aromatic heterocycles. The molecule has 3 rings (SSSR count). The second kappa shape index (κ2) is 9.31. The minimum atomic E-state index is -0.706. The average molecular weight is 403 g/mol. The molecule has 9 heteroatoms. The molecule has 1 aromatic carbocycles. The third-order valence-electron chi connectivity index (χ3n) is 4.87. The van der Waals surface area contributed by atoms with E-state index in [0.29, 0.717) is 17.6 Å². The lowest BCUT2D eigenvalue weighted by Gasteiger charge is -2.16. The highest BCUT2D eigenvalue weighted by atomic mass is 16.5. The third-order valence-corrected chi connectivity index (χ3v) is 4.87. The molecule has 0 spiro atoms. The molecule has 1 fully saturated rings. The summed E-state index contributed by atoms with van der Waals surface area (Å²) < 4.78 is 22.7. The van der Waals surface area contributed by atoms with Crippen molar-refractivity contribution in [3.05, 3.63) is 30.0 Å². The molecule has 156 valence electrons. The monoisotopic (exact) mass is 403 g/mol. The molecule has 29 heavy (non-hydrogen) atoms. The van der Waals surface area contributed by atoms with Gasteiger partial charge in [0.25, 0.3) is 5.91 Å². The first kappa shape index (κ1) is 20.5. The van der Waals surface area contributed by atoms with Crippen LogP contribution in [-0.2, 0) is 9.53 Å². The summed E-state index contributed by atoms with van der Waals surface area (Å²) in [6.45, 7) is -0.438. The van der Waals surface area contributed by atoms with E-state index in [4.69, 9.17) is 18.9 Å². The number of amides is 1. The Morgan fingerprint density at radius 2 is 1.79 bits per heavy atom. The van der Waals surface area contributed by atoms with Gasteiger partial charge in [0.1, 0.15) is 11.4 Å². The van der Waals surface area contributed by atoms with E-state index < -0.39 is 18.5 Å². The summed E-state index contributed by atoms with van der Waals surface area (Å²) in [5.41, 5.74) is 0.133. The van der Waals surface area contributed by atoms with Crippen molar-refractivity contribution >= 4 is 17.7 Å². The van der Waals surface area contributed by atoms with Crippen molar-refractivity contribution in [2.24, 2.45) is 0 Å². The van der Waals surface area contributed by atoms with Crippen molar-refractivity contribution in [3.63, 3.8) is 0 Å². The molecule has 1 saturated carbocycles. The number of anilines is 1. The number of carbonyl (C=O) groups is 2. The van der Waals surface area contributed by atoms with Gasteiger partial charge in [-0.05, 0) is 25.0 Å². The molecule has 0 atom stereocenters. The van der Waals surface area contributed by atoms with Crippen LogP contribution < -0.4 is 19.5 Å². The molecule has 9 nitrogen and oxygen atoms in total. The summed E-state index contributed by atoms with van der Waals surface area (Å²) in [7, 11) is 4.33. The van der Waals surface area contributed by atoms with Gasteiger partial charge in [0, 0.05) is 6.07 Å². The number of methoxy groups -OCH3 is 3. The smallest absolute Gasteiger partial charge is 0.342 e. The van der Waals surface area contributed by atoms with Crippen LogP contribution in [0, 0.1) is 0 Å². The molecule has 1 heterocycles. The van der Waals surface area contributed by atoms with Gasteiger partial charge in [-0.25, -0.2) is 9.48 Å². The normalized spacial score (nSPS) is 13.8. The van der Waals surface area contributed by atoms with E-state index in [9.17, 15) is 9.59 Å². The van der Waals surface area contributed by atoms with Gasteiger partial charge in [-0.3, -0.25) is 4.79 Å². The number of nitrogens with zero attached hydrogens (tertiary/aromatic N) is 2. The van der Waals surface area contributed by atoms with Crippen LogP contribution in [0.3, 0.4) is 0 Å². The molecule has 0 bridgehead atoms. The van der Waals surface area contributed by atoms with E-state index in [-0.39, 0.29) is 17.1 Å². The number of aromatic nitrogens is 2. The van der Waals surface area contributed by atoms with Gasteiger partial charge in [-0.1, -0.05) is 12.8 Å². The maximum atomic E-state index is 12.5. The van der Waals surface area contributed by atoms with Gasteiger partial charge in [-0.2, -0.15) is 5.10 Å². The summed E-state index contributed by atoms with van der Waals surface area (Å²) in [4.78, 5) is 24.8. The fourth-order valence-corrected chi connectivity index (χ4v) is 3.50. The maximum absolute atomic E-state index is 12.5. The van der Waals surface area contributed by atoms with Crippen molar-refractivity contribution in [2.45, 2.75) is 31.7 Å². The van der Waals surface area contributed by atoms with Crippen LogP contribution in [0.5, 0.6) is 17.2 Å². The fraction of sp³-hybridized carbons (Fsp3) is 0.450. The van der Waals surface area contributed by atoms with Crippen LogP contribution in [0.15, 0.2) is 24.4 Å². The quantitative estimate of drug-likeness (QED) is 0.676. The Morgan fingerprint density at radius 3 is 2.45 bits per heavy atom. The Balaban J connectivity index is 1.64. The third kappa shape index (κ3) is 4.44. The predicted octanol–water partition coefficient (Wildman–Crippen LogP) is 2.82. The van der Waals surface area contributed by atoms with Crippen LogP contribution in [0.4, 0.5) is 5.82 Å². The first-order chi connectivity index (χ1) is 14.1. The van der Waals surface area contributed by atoms with Crippen LogP contribution in [0.25, 0.3) is 0 Å². The van der Waals surface area contributed by atoms with Crippen LogP contribution in [0.2, 0.25) is 0 Å². The molecule has 0 unspecified atom stereocenters. The van der Waals surface area contributed by atoms with E-state index in [1.807, 2.05) is 4.68 Å². The van der Waals surface area contributed by atoms with Gasteiger partial charge < -0.3 is 24.3 Å². The highest BCUT2D eigenvalue weighted by Gasteiger charge is 2.23. The lowest BCUT2D eigenvalue weighted by molar-refractivity contribution is -0.119. The van der Waals surface area contributed by atoms with E-state index in [0.717, 1.165) is 25.7 Å². The summed E-state index contributed by atoms with van der Waals surface area (Å²) >= 11 is 0. The number of hydrogen-bond acceptors (Lipinski definition) is 7. The van der Waals surface area contributed by atoms with E-state index in [1.54, 1.807) is 18.3 Å². The average Bonchev–Trinajstić information content (AvgIpc) is 3.42. The number of hydrogen-bond donors (Lipinski definition) is 1. The Kier molecular flexibility index (Phi) is 6.58. The van der Waals surface area contributed by atoms with Crippen LogP contribution in [0.1, 0.15) is 42.1 Å². The van der Waals surface area contributed by atoms with Crippen molar-refractivity contribution in [1.29, 1.82) is 0 Å². The van der Waals surface area contributed by atoms with E-state index in [1.165, 1.54) is 27.4 Å². The molecule has 1 aliphatic rings. The molecule has 1 amide bonds. The first-order valence-corrected chi connectivity index (χ1v) is 9.38. The molecule has 1 N–H and O–H groups in total. The predicted molar refractivity (Wildman–Crippen MR) is 105 cm³/mol. The van der Waals surface area contributed by atoms with Crippen molar-refractivity contribution in [2.75, 3.05) is 33.3 Å². The van der Waals surface area contributed by atoms with E-state index in [2.05, 4.69) is 10.4 Å². The number of rotatable bonds is 8. The zero-order chi connectivity index (χ0) is 20.8. The lowest BCUT2D eigenvalue weighted by atomic mass is 10.1. The zero-order valence-corrected chi connectivity index (χ0v) is 16.8. The zero-order valence-electron chi connectivity index (χ0n) is 16.8. The van der Waals surface area contributed by atoms with Crippen molar-refractivity contribution in [3.8, 4) is 17.2 Å². The van der Waals surface area contributed by atoms with Crippen LogP contribution in [-0.4, -0.2) is 49.6 Å². The highest BCUT2D eigenvalue weighted by molar-refractivity contribution is 5.97. The topological polar surface area (TPSA) is 101 Å². The number of benzene rings is 1. The molecule has 1 aliphatic carbocycles.